The summed E-state index contributed by atoms with van der Waals surface area (Å²) < 4.78 is 22.0. The molecular formula is C25H34FN3O. The largest absolute Gasteiger partial charge is 0.361 e. The number of aryl methyl sites for hydroxylation is 3. The molecule has 1 aliphatic rings. The number of fused-ring (bicyclic) bond motifs is 1. The highest BCUT2D eigenvalue weighted by Crippen LogP contribution is 2.45. The lowest BCUT2D eigenvalue weighted by molar-refractivity contribution is 0.0934. The first kappa shape index (κ1) is 21.1. The van der Waals surface area contributed by atoms with Crippen LogP contribution < -0.4 is 0 Å². The second kappa shape index (κ2) is 8.16. The van der Waals surface area contributed by atoms with Crippen molar-refractivity contribution in [3.63, 3.8) is 0 Å². The van der Waals surface area contributed by atoms with E-state index < -0.39 is 5.67 Å². The summed E-state index contributed by atoms with van der Waals surface area (Å²) in [4.78, 5) is 4.80. The molecule has 0 N–H and O–H groups in total. The van der Waals surface area contributed by atoms with E-state index in [0.29, 0.717) is 24.7 Å². The number of hydrogen-bond acceptors (Lipinski definition) is 3. The molecule has 1 unspecified atom stereocenters. The topological polar surface area (TPSA) is 43.9 Å². The van der Waals surface area contributed by atoms with E-state index in [1.54, 1.807) is 6.92 Å². The molecule has 1 aliphatic carbocycles. The molecule has 4 rings (SSSR count). The molecule has 3 aromatic heterocycles. The zero-order valence-electron chi connectivity index (χ0n) is 19.0. The smallest absolute Gasteiger partial charge is 0.141 e. The molecule has 5 heteroatoms. The number of alkyl halides is 1. The number of unbranched alkanes of at least 4 members (excludes halogenated alkanes) is 1. The Kier molecular flexibility index (Phi) is 5.73. The Morgan fingerprint density at radius 1 is 1.30 bits per heavy atom. The van der Waals surface area contributed by atoms with Crippen molar-refractivity contribution < 1.29 is 8.91 Å². The van der Waals surface area contributed by atoms with Crippen LogP contribution in [-0.4, -0.2) is 20.4 Å². The Bertz CT molecular complexity index is 1000. The zero-order valence-corrected chi connectivity index (χ0v) is 19.0. The first-order valence-electron chi connectivity index (χ1n) is 11.4. The molecule has 0 spiro atoms. The molecule has 1 saturated carbocycles. The van der Waals surface area contributed by atoms with E-state index in [-0.39, 0.29) is 0 Å². The van der Waals surface area contributed by atoms with Crippen molar-refractivity contribution in [2.45, 2.75) is 84.2 Å². The molecule has 162 valence electrons. The van der Waals surface area contributed by atoms with Crippen LogP contribution in [0.2, 0.25) is 0 Å². The summed E-state index contributed by atoms with van der Waals surface area (Å²) in [5.74, 6) is 1.81. The van der Waals surface area contributed by atoms with Crippen molar-refractivity contribution in [3.8, 4) is 11.1 Å². The monoisotopic (exact) mass is 411 g/mol. The average Bonchev–Trinajstić information content (AvgIpc) is 3.22. The highest BCUT2D eigenvalue weighted by Gasteiger charge is 2.35. The molecule has 0 aliphatic heterocycles. The van der Waals surface area contributed by atoms with Crippen LogP contribution in [0.25, 0.3) is 22.2 Å². The van der Waals surface area contributed by atoms with Gasteiger partial charge in [-0.2, -0.15) is 0 Å². The predicted octanol–water partition coefficient (Wildman–Crippen LogP) is 7.04. The van der Waals surface area contributed by atoms with E-state index in [1.165, 1.54) is 23.8 Å². The van der Waals surface area contributed by atoms with Crippen LogP contribution in [0.5, 0.6) is 0 Å². The van der Waals surface area contributed by atoms with Crippen molar-refractivity contribution in [1.29, 1.82) is 0 Å². The second-order valence-corrected chi connectivity index (χ2v) is 9.49. The number of nitrogens with zero attached hydrogens (tertiary/aromatic N) is 3. The molecular weight excluding hydrogens is 377 g/mol. The third-order valence-electron chi connectivity index (χ3n) is 7.08. The summed E-state index contributed by atoms with van der Waals surface area (Å²) in [7, 11) is 2.07. The van der Waals surface area contributed by atoms with E-state index in [0.717, 1.165) is 47.5 Å². The zero-order chi connectivity index (χ0) is 21.5. The maximum atomic E-state index is 14.5. The first-order chi connectivity index (χ1) is 14.3. The van der Waals surface area contributed by atoms with E-state index >= 15 is 0 Å². The van der Waals surface area contributed by atoms with Gasteiger partial charge in [0.1, 0.15) is 17.1 Å². The molecule has 0 saturated heterocycles. The first-order valence-corrected chi connectivity index (χ1v) is 11.4. The van der Waals surface area contributed by atoms with Crippen molar-refractivity contribution in [1.82, 2.24) is 14.7 Å². The maximum absolute atomic E-state index is 14.5. The maximum Gasteiger partial charge on any atom is 0.141 e. The van der Waals surface area contributed by atoms with Crippen LogP contribution in [0.1, 0.15) is 81.7 Å². The SMILES string of the molecule is CCCCC(c1cn(C)c2ncc(-c3c(C)noc3C)cc12)C1CCC(C)(F)CC1. The molecule has 0 radical (unpaired) electrons. The molecule has 3 heterocycles. The van der Waals surface area contributed by atoms with Gasteiger partial charge >= 0.3 is 0 Å². The molecule has 4 nitrogen and oxygen atoms in total. The summed E-state index contributed by atoms with van der Waals surface area (Å²) in [6.45, 7) is 7.94. The van der Waals surface area contributed by atoms with E-state index in [1.807, 2.05) is 20.0 Å². The third-order valence-corrected chi connectivity index (χ3v) is 7.08. The summed E-state index contributed by atoms with van der Waals surface area (Å²) in [5.41, 5.74) is 4.37. The fourth-order valence-corrected chi connectivity index (χ4v) is 5.33. The van der Waals surface area contributed by atoms with E-state index in [9.17, 15) is 4.39 Å². The van der Waals surface area contributed by atoms with Gasteiger partial charge in [0.25, 0.3) is 0 Å². The predicted molar refractivity (Wildman–Crippen MR) is 119 cm³/mol. The van der Waals surface area contributed by atoms with Gasteiger partial charge in [0.15, 0.2) is 0 Å². The fraction of sp³-hybridized carbons (Fsp3) is 0.600. The van der Waals surface area contributed by atoms with Crippen LogP contribution in [0.3, 0.4) is 0 Å². The number of hydrogen-bond donors (Lipinski definition) is 0. The number of rotatable bonds is 6. The molecule has 0 amide bonds. The van der Waals surface area contributed by atoms with Gasteiger partial charge in [-0.05, 0) is 76.3 Å². The molecule has 3 aromatic rings. The van der Waals surface area contributed by atoms with Crippen LogP contribution >= 0.6 is 0 Å². The number of pyridine rings is 1. The van der Waals surface area contributed by atoms with E-state index in [2.05, 4.69) is 36.0 Å². The highest BCUT2D eigenvalue weighted by atomic mass is 19.1. The standard InChI is InChI=1S/C25H34FN3O/c1-6-7-8-20(18-9-11-25(4,26)12-10-18)22-15-29(5)24-21(22)13-19(14-27-24)23-16(2)28-30-17(23)3/h13-15,18,20H,6-12H2,1-5H3. The molecule has 30 heavy (non-hydrogen) atoms. The Balaban J connectivity index is 1.77. The Hall–Kier alpha value is -2.17. The quantitative estimate of drug-likeness (QED) is 0.437. The van der Waals surface area contributed by atoms with Crippen molar-refractivity contribution in [2.24, 2.45) is 13.0 Å². The van der Waals surface area contributed by atoms with Gasteiger partial charge in [-0.1, -0.05) is 24.9 Å². The summed E-state index contributed by atoms with van der Waals surface area (Å²) >= 11 is 0. The van der Waals surface area contributed by atoms with Gasteiger partial charge in [0.05, 0.1) is 5.69 Å². The average molecular weight is 412 g/mol. The third kappa shape index (κ3) is 3.91. The molecule has 1 atom stereocenters. The van der Waals surface area contributed by atoms with Gasteiger partial charge in [-0.15, -0.1) is 0 Å². The van der Waals surface area contributed by atoms with Crippen LogP contribution in [-0.2, 0) is 7.05 Å². The minimum atomic E-state index is -0.997. The number of halogens is 1. The summed E-state index contributed by atoms with van der Waals surface area (Å²) in [6.07, 6.45) is 11.0. The van der Waals surface area contributed by atoms with Gasteiger partial charge in [-0.3, -0.25) is 0 Å². The minimum Gasteiger partial charge on any atom is -0.361 e. The lowest BCUT2D eigenvalue weighted by Gasteiger charge is -2.36. The Labute approximate surface area is 178 Å². The molecule has 1 fully saturated rings. The fourth-order valence-electron chi connectivity index (χ4n) is 5.33. The highest BCUT2D eigenvalue weighted by molar-refractivity contribution is 5.86. The Morgan fingerprint density at radius 3 is 2.67 bits per heavy atom. The second-order valence-electron chi connectivity index (χ2n) is 9.49. The summed E-state index contributed by atoms with van der Waals surface area (Å²) in [5, 5.41) is 5.33. The van der Waals surface area contributed by atoms with Crippen molar-refractivity contribution in [3.05, 3.63) is 35.5 Å². The van der Waals surface area contributed by atoms with E-state index in [4.69, 9.17) is 9.51 Å². The van der Waals surface area contributed by atoms with Gasteiger partial charge in [0.2, 0.25) is 0 Å². The molecule has 0 aromatic carbocycles. The lowest BCUT2D eigenvalue weighted by atomic mass is 9.71. The Morgan fingerprint density at radius 2 is 2.03 bits per heavy atom. The summed E-state index contributed by atoms with van der Waals surface area (Å²) in [6, 6.07) is 2.26. The van der Waals surface area contributed by atoms with Gasteiger partial charge in [-0.25, -0.2) is 9.37 Å². The van der Waals surface area contributed by atoms with Crippen molar-refractivity contribution in [2.75, 3.05) is 0 Å². The van der Waals surface area contributed by atoms with Crippen LogP contribution in [0.15, 0.2) is 23.0 Å². The molecule has 0 bridgehead atoms. The van der Waals surface area contributed by atoms with Crippen LogP contribution in [0, 0.1) is 19.8 Å². The van der Waals surface area contributed by atoms with Crippen molar-refractivity contribution >= 4 is 11.0 Å². The van der Waals surface area contributed by atoms with Crippen LogP contribution in [0.4, 0.5) is 4.39 Å². The normalized spacial score (nSPS) is 23.2. The minimum absolute atomic E-state index is 0.450. The van der Waals surface area contributed by atoms with Gasteiger partial charge in [0, 0.05) is 36.0 Å². The number of aromatic nitrogens is 3. The van der Waals surface area contributed by atoms with Gasteiger partial charge < -0.3 is 9.09 Å². The lowest BCUT2D eigenvalue weighted by Crippen LogP contribution is -2.28.